The van der Waals surface area contributed by atoms with Crippen molar-refractivity contribution in [2.45, 2.75) is 117 Å². The zero-order chi connectivity index (χ0) is 18.2. The summed E-state index contributed by atoms with van der Waals surface area (Å²) in [6, 6.07) is 0. The standard InChI is InChI=1S/C20H38O4/c1-5-7-9-13-17(3)23-19(21)15-11-12-16-20(22)24-18(4)14-10-8-6-2/h17-18H,5-16H2,1-4H3. The summed E-state index contributed by atoms with van der Waals surface area (Å²) in [5, 5.41) is 0. The molecule has 0 aromatic heterocycles. The van der Waals surface area contributed by atoms with Crippen LogP contribution < -0.4 is 0 Å². The van der Waals surface area contributed by atoms with Gasteiger partial charge in [0.25, 0.3) is 0 Å². The Morgan fingerprint density at radius 2 is 1.04 bits per heavy atom. The highest BCUT2D eigenvalue weighted by atomic mass is 16.5. The second-order valence-electron chi connectivity index (χ2n) is 6.80. The van der Waals surface area contributed by atoms with Crippen LogP contribution in [0.5, 0.6) is 0 Å². The monoisotopic (exact) mass is 342 g/mol. The molecule has 0 bridgehead atoms. The molecule has 0 fully saturated rings. The van der Waals surface area contributed by atoms with Crippen LogP contribution in [-0.4, -0.2) is 24.1 Å². The summed E-state index contributed by atoms with van der Waals surface area (Å²) in [5.74, 6) is -0.305. The van der Waals surface area contributed by atoms with Crippen molar-refractivity contribution in [1.82, 2.24) is 0 Å². The Kier molecular flexibility index (Phi) is 14.8. The zero-order valence-electron chi connectivity index (χ0n) is 16.3. The van der Waals surface area contributed by atoms with E-state index in [-0.39, 0.29) is 24.1 Å². The second kappa shape index (κ2) is 15.5. The molecule has 0 aliphatic heterocycles. The first-order chi connectivity index (χ1) is 11.5. The molecule has 4 nitrogen and oxygen atoms in total. The highest BCUT2D eigenvalue weighted by molar-refractivity contribution is 5.70. The van der Waals surface area contributed by atoms with Gasteiger partial charge in [0.2, 0.25) is 0 Å². The van der Waals surface area contributed by atoms with Gasteiger partial charge in [0, 0.05) is 12.8 Å². The molecule has 0 N–H and O–H groups in total. The molecule has 0 saturated carbocycles. The van der Waals surface area contributed by atoms with Crippen molar-refractivity contribution in [2.75, 3.05) is 0 Å². The van der Waals surface area contributed by atoms with Crippen LogP contribution in [0, 0.1) is 0 Å². The molecular formula is C20H38O4. The molecule has 2 unspecified atom stereocenters. The summed E-state index contributed by atoms with van der Waals surface area (Å²) >= 11 is 0. The van der Waals surface area contributed by atoms with Gasteiger partial charge in [-0.05, 0) is 52.4 Å². The second-order valence-corrected chi connectivity index (χ2v) is 6.80. The summed E-state index contributed by atoms with van der Waals surface area (Å²) < 4.78 is 10.7. The lowest BCUT2D eigenvalue weighted by Crippen LogP contribution is -2.16. The summed E-state index contributed by atoms with van der Waals surface area (Å²) in [7, 11) is 0. The lowest BCUT2D eigenvalue weighted by Gasteiger charge is -2.14. The van der Waals surface area contributed by atoms with E-state index in [1.807, 2.05) is 13.8 Å². The minimum atomic E-state index is -0.153. The molecule has 142 valence electrons. The molecule has 24 heavy (non-hydrogen) atoms. The SMILES string of the molecule is CCCCCC(C)OC(=O)CCCCC(=O)OC(C)CCCCC. The molecule has 0 amide bonds. The van der Waals surface area contributed by atoms with Crippen molar-refractivity contribution >= 4 is 11.9 Å². The first-order valence-corrected chi connectivity index (χ1v) is 9.88. The summed E-state index contributed by atoms with van der Waals surface area (Å²) in [4.78, 5) is 23.4. The molecule has 0 spiro atoms. The van der Waals surface area contributed by atoms with Crippen LogP contribution in [0.15, 0.2) is 0 Å². The first-order valence-electron chi connectivity index (χ1n) is 9.88. The van der Waals surface area contributed by atoms with Crippen molar-refractivity contribution in [3.63, 3.8) is 0 Å². The van der Waals surface area contributed by atoms with Crippen molar-refractivity contribution < 1.29 is 19.1 Å². The smallest absolute Gasteiger partial charge is 0.306 e. The van der Waals surface area contributed by atoms with E-state index in [0.717, 1.165) is 25.7 Å². The Morgan fingerprint density at radius 3 is 1.38 bits per heavy atom. The topological polar surface area (TPSA) is 52.6 Å². The van der Waals surface area contributed by atoms with Crippen LogP contribution in [0.4, 0.5) is 0 Å². The van der Waals surface area contributed by atoms with Crippen LogP contribution in [0.2, 0.25) is 0 Å². The predicted octanol–water partition coefficient (Wildman–Crippen LogP) is 5.57. The van der Waals surface area contributed by atoms with Gasteiger partial charge in [-0.15, -0.1) is 0 Å². The van der Waals surface area contributed by atoms with Crippen LogP contribution >= 0.6 is 0 Å². The summed E-state index contributed by atoms with van der Waals surface area (Å²) in [5.41, 5.74) is 0. The van der Waals surface area contributed by atoms with Crippen LogP contribution in [0.3, 0.4) is 0 Å². The van der Waals surface area contributed by atoms with Gasteiger partial charge < -0.3 is 9.47 Å². The van der Waals surface area contributed by atoms with Gasteiger partial charge in [-0.3, -0.25) is 9.59 Å². The molecule has 0 aromatic carbocycles. The number of ether oxygens (including phenoxy) is 2. The number of esters is 2. The van der Waals surface area contributed by atoms with Crippen molar-refractivity contribution in [3.8, 4) is 0 Å². The van der Waals surface area contributed by atoms with Gasteiger partial charge in [0.1, 0.15) is 0 Å². The minimum absolute atomic E-state index is 0.00187. The molecule has 4 heteroatoms. The lowest BCUT2D eigenvalue weighted by atomic mass is 10.1. The Hall–Kier alpha value is -1.06. The lowest BCUT2D eigenvalue weighted by molar-refractivity contribution is -0.151. The maximum Gasteiger partial charge on any atom is 0.306 e. The number of hydrogen-bond donors (Lipinski definition) is 0. The van der Waals surface area contributed by atoms with E-state index in [2.05, 4.69) is 13.8 Å². The van der Waals surface area contributed by atoms with Gasteiger partial charge in [-0.25, -0.2) is 0 Å². The summed E-state index contributed by atoms with van der Waals surface area (Å²) in [6.07, 6.45) is 10.9. The fourth-order valence-electron chi connectivity index (χ4n) is 2.59. The highest BCUT2D eigenvalue weighted by Gasteiger charge is 2.11. The Balaban J connectivity index is 3.62. The van der Waals surface area contributed by atoms with E-state index in [1.54, 1.807) is 0 Å². The normalized spacial score (nSPS) is 13.3. The third-order valence-corrected chi connectivity index (χ3v) is 4.11. The molecule has 0 aliphatic carbocycles. The Bertz CT molecular complexity index is 296. The van der Waals surface area contributed by atoms with Gasteiger partial charge in [0.15, 0.2) is 0 Å². The number of unbranched alkanes of at least 4 members (excludes halogenated alkanes) is 5. The van der Waals surface area contributed by atoms with E-state index < -0.39 is 0 Å². The van der Waals surface area contributed by atoms with E-state index in [0.29, 0.717) is 25.7 Å². The average molecular weight is 343 g/mol. The molecule has 2 atom stereocenters. The van der Waals surface area contributed by atoms with E-state index in [4.69, 9.17) is 9.47 Å². The first kappa shape index (κ1) is 22.9. The maximum absolute atomic E-state index is 11.7. The van der Waals surface area contributed by atoms with Gasteiger partial charge in [0.05, 0.1) is 12.2 Å². The third-order valence-electron chi connectivity index (χ3n) is 4.11. The number of carbonyl (C=O) groups excluding carboxylic acids is 2. The molecule has 0 aliphatic rings. The number of rotatable bonds is 15. The third kappa shape index (κ3) is 14.5. The highest BCUT2D eigenvalue weighted by Crippen LogP contribution is 2.11. The molecule has 0 saturated heterocycles. The molecule has 0 rings (SSSR count). The Morgan fingerprint density at radius 1 is 0.667 bits per heavy atom. The minimum Gasteiger partial charge on any atom is -0.463 e. The Labute approximate surface area is 148 Å². The van der Waals surface area contributed by atoms with Gasteiger partial charge in [-0.2, -0.15) is 0 Å². The van der Waals surface area contributed by atoms with Crippen LogP contribution in [-0.2, 0) is 19.1 Å². The van der Waals surface area contributed by atoms with Gasteiger partial charge >= 0.3 is 11.9 Å². The largest absolute Gasteiger partial charge is 0.463 e. The number of hydrogen-bond acceptors (Lipinski definition) is 4. The van der Waals surface area contributed by atoms with Crippen molar-refractivity contribution in [2.24, 2.45) is 0 Å². The predicted molar refractivity (Wildman–Crippen MR) is 97.9 cm³/mol. The van der Waals surface area contributed by atoms with E-state index >= 15 is 0 Å². The van der Waals surface area contributed by atoms with E-state index in [9.17, 15) is 9.59 Å². The van der Waals surface area contributed by atoms with E-state index in [1.165, 1.54) is 25.7 Å². The molecule has 0 radical (unpaired) electrons. The molecule has 0 heterocycles. The average Bonchev–Trinajstić information content (AvgIpc) is 2.52. The van der Waals surface area contributed by atoms with Crippen molar-refractivity contribution in [1.29, 1.82) is 0 Å². The van der Waals surface area contributed by atoms with Gasteiger partial charge in [-0.1, -0.05) is 39.5 Å². The fourth-order valence-corrected chi connectivity index (χ4v) is 2.59. The van der Waals surface area contributed by atoms with Crippen LogP contribution in [0.1, 0.15) is 105 Å². The van der Waals surface area contributed by atoms with Crippen LogP contribution in [0.25, 0.3) is 0 Å². The number of carbonyl (C=O) groups is 2. The molecule has 0 aromatic rings. The van der Waals surface area contributed by atoms with Crippen molar-refractivity contribution in [3.05, 3.63) is 0 Å². The summed E-state index contributed by atoms with van der Waals surface area (Å²) in [6.45, 7) is 8.22. The zero-order valence-corrected chi connectivity index (χ0v) is 16.3. The quantitative estimate of drug-likeness (QED) is 0.288. The molecular weight excluding hydrogens is 304 g/mol. The fraction of sp³-hybridized carbons (Fsp3) is 0.900. The maximum atomic E-state index is 11.7.